The van der Waals surface area contributed by atoms with E-state index in [1.807, 2.05) is 0 Å². The van der Waals surface area contributed by atoms with Crippen molar-refractivity contribution in [2.45, 2.75) is 65.1 Å². The number of halogens is 3. The Morgan fingerprint density at radius 3 is 2.30 bits per heavy atom. The van der Waals surface area contributed by atoms with Crippen molar-refractivity contribution in [3.05, 3.63) is 35.4 Å². The minimum Gasteiger partial charge on any atom is -0.464 e. The van der Waals surface area contributed by atoms with E-state index in [1.165, 1.54) is 12.1 Å². The summed E-state index contributed by atoms with van der Waals surface area (Å²) >= 11 is 0. The molecule has 1 aromatic carbocycles. The molecule has 27 heavy (non-hydrogen) atoms. The summed E-state index contributed by atoms with van der Waals surface area (Å²) in [5, 5.41) is 2.39. The van der Waals surface area contributed by atoms with E-state index in [1.54, 1.807) is 13.8 Å². The third-order valence-electron chi connectivity index (χ3n) is 4.18. The molecule has 4 nitrogen and oxygen atoms in total. The van der Waals surface area contributed by atoms with Gasteiger partial charge in [0, 0.05) is 0 Å². The number of ether oxygens (including phenoxy) is 1. The Bertz CT molecular complexity index is 615. The van der Waals surface area contributed by atoms with Gasteiger partial charge in [0.05, 0.1) is 17.7 Å². The van der Waals surface area contributed by atoms with Crippen molar-refractivity contribution in [2.75, 3.05) is 6.61 Å². The Labute approximate surface area is 158 Å². The van der Waals surface area contributed by atoms with Gasteiger partial charge in [0.15, 0.2) is 0 Å². The van der Waals surface area contributed by atoms with Gasteiger partial charge in [-0.25, -0.2) is 4.79 Å². The molecule has 0 heterocycles. The summed E-state index contributed by atoms with van der Waals surface area (Å²) in [4.78, 5) is 24.6. The molecule has 1 amide bonds. The molecule has 0 radical (unpaired) electrons. The summed E-state index contributed by atoms with van der Waals surface area (Å²) in [6.45, 7) is 5.74. The van der Waals surface area contributed by atoms with Crippen molar-refractivity contribution < 1.29 is 27.5 Å². The van der Waals surface area contributed by atoms with Crippen LogP contribution in [0.4, 0.5) is 13.2 Å². The molecule has 0 aliphatic heterocycles. The number of alkyl halides is 3. The van der Waals surface area contributed by atoms with Crippen LogP contribution in [0.3, 0.4) is 0 Å². The molecule has 1 N–H and O–H groups in total. The van der Waals surface area contributed by atoms with Gasteiger partial charge in [-0.2, -0.15) is 13.2 Å². The van der Waals surface area contributed by atoms with Gasteiger partial charge in [-0.15, -0.1) is 0 Å². The van der Waals surface area contributed by atoms with Gasteiger partial charge in [-0.05, 0) is 24.5 Å². The third kappa shape index (κ3) is 7.61. The number of nitrogens with one attached hydrogen (secondary N) is 1. The Hall–Kier alpha value is -2.05. The van der Waals surface area contributed by atoms with Gasteiger partial charge >= 0.3 is 12.1 Å². The number of carbonyl (C=O) groups is 2. The predicted molar refractivity (Wildman–Crippen MR) is 97.3 cm³/mol. The summed E-state index contributed by atoms with van der Waals surface area (Å²) in [5.41, 5.74) is -1.54. The molecule has 0 spiro atoms. The van der Waals surface area contributed by atoms with Crippen LogP contribution < -0.4 is 5.32 Å². The second kappa shape index (κ2) is 10.9. The van der Waals surface area contributed by atoms with E-state index in [-0.39, 0.29) is 12.5 Å². The number of hydrogen-bond donors (Lipinski definition) is 1. The number of unbranched alkanes of at least 4 members (excludes halogenated alkanes) is 4. The van der Waals surface area contributed by atoms with Crippen LogP contribution >= 0.6 is 0 Å². The van der Waals surface area contributed by atoms with E-state index in [0.29, 0.717) is 0 Å². The maximum Gasteiger partial charge on any atom is 0.417 e. The van der Waals surface area contributed by atoms with Gasteiger partial charge in [-0.3, -0.25) is 4.79 Å². The van der Waals surface area contributed by atoms with E-state index in [0.717, 1.165) is 44.2 Å². The molecular weight excluding hydrogens is 359 g/mol. The maximum atomic E-state index is 13.1. The maximum absolute atomic E-state index is 13.1. The molecule has 0 saturated carbocycles. The van der Waals surface area contributed by atoms with Crippen molar-refractivity contribution in [3.8, 4) is 0 Å². The Balaban J connectivity index is 2.72. The topological polar surface area (TPSA) is 55.4 Å². The minimum absolute atomic E-state index is 0.237. The van der Waals surface area contributed by atoms with Crippen LogP contribution in [0.2, 0.25) is 0 Å². The van der Waals surface area contributed by atoms with Crippen LogP contribution in [0, 0.1) is 5.92 Å². The highest BCUT2D eigenvalue weighted by Crippen LogP contribution is 2.31. The summed E-state index contributed by atoms with van der Waals surface area (Å²) in [7, 11) is 0. The van der Waals surface area contributed by atoms with Gasteiger partial charge < -0.3 is 10.1 Å². The highest BCUT2D eigenvalue weighted by molar-refractivity contribution is 5.98. The fourth-order valence-electron chi connectivity index (χ4n) is 2.61. The third-order valence-corrected chi connectivity index (χ3v) is 4.18. The van der Waals surface area contributed by atoms with Crippen molar-refractivity contribution in [2.24, 2.45) is 5.92 Å². The quantitative estimate of drug-likeness (QED) is 0.455. The normalized spacial score (nSPS) is 12.7. The van der Waals surface area contributed by atoms with E-state index in [2.05, 4.69) is 12.2 Å². The van der Waals surface area contributed by atoms with Crippen molar-refractivity contribution in [3.63, 3.8) is 0 Å². The number of benzene rings is 1. The van der Waals surface area contributed by atoms with Crippen LogP contribution in [-0.2, 0) is 15.7 Å². The van der Waals surface area contributed by atoms with Gasteiger partial charge in [0.25, 0.3) is 5.91 Å². The summed E-state index contributed by atoms with van der Waals surface area (Å²) in [6.07, 6.45) is 0.310. The molecule has 0 bridgehead atoms. The average molecular weight is 387 g/mol. The van der Waals surface area contributed by atoms with E-state index < -0.39 is 35.2 Å². The van der Waals surface area contributed by atoms with Crippen LogP contribution in [0.1, 0.15) is 68.8 Å². The fourth-order valence-corrected chi connectivity index (χ4v) is 2.61. The first kappa shape index (κ1) is 23.0. The molecule has 0 fully saturated rings. The second-order valence-corrected chi connectivity index (χ2v) is 6.82. The first-order valence-electron chi connectivity index (χ1n) is 9.32. The Morgan fingerprint density at radius 2 is 1.70 bits per heavy atom. The molecule has 1 aromatic rings. The summed E-state index contributed by atoms with van der Waals surface area (Å²) < 4.78 is 44.5. The SMILES string of the molecule is CCCCCCCOC(=O)C(NC(=O)c1ccccc1C(F)(F)F)C(C)C. The first-order valence-corrected chi connectivity index (χ1v) is 9.32. The molecule has 7 heteroatoms. The second-order valence-electron chi connectivity index (χ2n) is 6.82. The molecule has 0 aliphatic carbocycles. The van der Waals surface area contributed by atoms with Crippen LogP contribution in [0.25, 0.3) is 0 Å². The van der Waals surface area contributed by atoms with Crippen LogP contribution in [-0.4, -0.2) is 24.5 Å². The Morgan fingerprint density at radius 1 is 1.07 bits per heavy atom. The smallest absolute Gasteiger partial charge is 0.417 e. The summed E-state index contributed by atoms with van der Waals surface area (Å²) in [5.74, 6) is -1.89. The van der Waals surface area contributed by atoms with Gasteiger partial charge in [0.1, 0.15) is 6.04 Å². The lowest BCUT2D eigenvalue weighted by Gasteiger charge is -2.22. The minimum atomic E-state index is -4.65. The number of amides is 1. The molecule has 1 rings (SSSR count). The average Bonchev–Trinajstić information content (AvgIpc) is 2.61. The zero-order chi connectivity index (χ0) is 20.4. The monoisotopic (exact) mass is 387 g/mol. The van der Waals surface area contributed by atoms with E-state index in [4.69, 9.17) is 4.74 Å². The van der Waals surface area contributed by atoms with Crippen LogP contribution in [0.5, 0.6) is 0 Å². The molecule has 0 saturated heterocycles. The van der Waals surface area contributed by atoms with E-state index in [9.17, 15) is 22.8 Å². The largest absolute Gasteiger partial charge is 0.464 e. The molecule has 0 aliphatic rings. The number of carbonyl (C=O) groups excluding carboxylic acids is 2. The van der Waals surface area contributed by atoms with Crippen molar-refractivity contribution in [1.82, 2.24) is 5.32 Å². The van der Waals surface area contributed by atoms with Gasteiger partial charge in [0.2, 0.25) is 0 Å². The predicted octanol–water partition coefficient (Wildman–Crippen LogP) is 4.97. The lowest BCUT2D eigenvalue weighted by atomic mass is 10.0. The lowest BCUT2D eigenvalue weighted by molar-refractivity contribution is -0.147. The fraction of sp³-hybridized carbons (Fsp3) is 0.600. The molecule has 0 aromatic heterocycles. The van der Waals surface area contributed by atoms with Crippen LogP contribution in [0.15, 0.2) is 24.3 Å². The highest BCUT2D eigenvalue weighted by atomic mass is 19.4. The molecule has 1 atom stereocenters. The first-order chi connectivity index (χ1) is 12.7. The molecular formula is C20H28F3NO3. The van der Waals surface area contributed by atoms with E-state index >= 15 is 0 Å². The zero-order valence-corrected chi connectivity index (χ0v) is 16.1. The number of hydrogen-bond acceptors (Lipinski definition) is 3. The molecule has 152 valence electrons. The Kier molecular flexibility index (Phi) is 9.32. The highest BCUT2D eigenvalue weighted by Gasteiger charge is 2.36. The molecule has 1 unspecified atom stereocenters. The lowest BCUT2D eigenvalue weighted by Crippen LogP contribution is -2.45. The standard InChI is InChI=1S/C20H28F3NO3/c1-4-5-6-7-10-13-27-19(26)17(14(2)3)24-18(25)15-11-8-9-12-16(15)20(21,22)23/h8-9,11-12,14,17H,4-7,10,13H2,1-3H3,(H,24,25). The number of esters is 1. The zero-order valence-electron chi connectivity index (χ0n) is 16.1. The summed E-state index contributed by atoms with van der Waals surface area (Å²) in [6, 6.07) is 3.49. The van der Waals surface area contributed by atoms with Crippen molar-refractivity contribution in [1.29, 1.82) is 0 Å². The van der Waals surface area contributed by atoms with Gasteiger partial charge in [-0.1, -0.05) is 58.6 Å². The van der Waals surface area contributed by atoms with Crippen molar-refractivity contribution >= 4 is 11.9 Å². The number of rotatable bonds is 10.